The maximum Gasteiger partial charge on any atom is 0.282 e. The summed E-state index contributed by atoms with van der Waals surface area (Å²) in [7, 11) is -3.85. The minimum atomic E-state index is -3.85. The van der Waals surface area contributed by atoms with Crippen LogP contribution in [-0.2, 0) is 14.9 Å². The Balaban J connectivity index is 2.74. The molecule has 9 heteroatoms. The number of rotatable bonds is 6. The van der Waals surface area contributed by atoms with E-state index in [4.69, 9.17) is 10.5 Å². The second-order valence-corrected chi connectivity index (χ2v) is 5.49. The van der Waals surface area contributed by atoms with Gasteiger partial charge in [-0.05, 0) is 0 Å². The Bertz CT molecular complexity index is 320. The number of hydrogen-bond donors (Lipinski definition) is 1. The SMILES string of the molecule is NCCN(CC(F)F)S(=O)(=O)N1CCOCC1. The lowest BCUT2D eigenvalue weighted by molar-refractivity contribution is 0.0671. The molecule has 2 N–H and O–H groups in total. The van der Waals surface area contributed by atoms with Gasteiger partial charge in [-0.1, -0.05) is 0 Å². The third-order valence-corrected chi connectivity index (χ3v) is 4.34. The van der Waals surface area contributed by atoms with E-state index in [2.05, 4.69) is 0 Å². The number of nitrogens with two attached hydrogens (primary N) is 1. The summed E-state index contributed by atoms with van der Waals surface area (Å²) in [6.07, 6.45) is -2.71. The van der Waals surface area contributed by atoms with Crippen molar-refractivity contribution in [3.63, 3.8) is 0 Å². The largest absolute Gasteiger partial charge is 0.379 e. The summed E-state index contributed by atoms with van der Waals surface area (Å²) in [6, 6.07) is 0. The summed E-state index contributed by atoms with van der Waals surface area (Å²) in [5.41, 5.74) is 5.24. The van der Waals surface area contributed by atoms with Crippen LogP contribution in [0.3, 0.4) is 0 Å². The molecule has 1 fully saturated rings. The lowest BCUT2D eigenvalue weighted by Crippen LogP contribution is -2.50. The Morgan fingerprint density at radius 2 is 1.94 bits per heavy atom. The number of morpholine rings is 1. The van der Waals surface area contributed by atoms with E-state index in [0.29, 0.717) is 0 Å². The van der Waals surface area contributed by atoms with Crippen LogP contribution in [-0.4, -0.2) is 69.4 Å². The molecule has 0 aromatic heterocycles. The summed E-state index contributed by atoms with van der Waals surface area (Å²) in [4.78, 5) is 0. The zero-order valence-electron chi connectivity index (χ0n) is 9.39. The van der Waals surface area contributed by atoms with Gasteiger partial charge in [-0.2, -0.15) is 17.0 Å². The van der Waals surface area contributed by atoms with Crippen LogP contribution in [0.15, 0.2) is 0 Å². The number of nitrogens with zero attached hydrogens (tertiary/aromatic N) is 2. The molecule has 1 heterocycles. The molecule has 1 saturated heterocycles. The Morgan fingerprint density at radius 1 is 1.35 bits per heavy atom. The maximum atomic E-state index is 12.3. The van der Waals surface area contributed by atoms with Crippen molar-refractivity contribution in [2.24, 2.45) is 5.73 Å². The molecular formula is C8H17F2N3O3S. The molecule has 0 aliphatic carbocycles. The van der Waals surface area contributed by atoms with Gasteiger partial charge < -0.3 is 10.5 Å². The summed E-state index contributed by atoms with van der Waals surface area (Å²) < 4.78 is 55.6. The van der Waals surface area contributed by atoms with E-state index in [9.17, 15) is 17.2 Å². The number of ether oxygens (including phenoxy) is 1. The van der Waals surface area contributed by atoms with E-state index in [1.807, 2.05) is 0 Å². The standard InChI is InChI=1S/C8H17F2N3O3S/c9-8(10)7-13(2-1-11)17(14,15)12-3-5-16-6-4-12/h8H,1-7,11H2. The fraction of sp³-hybridized carbons (Fsp3) is 1.00. The van der Waals surface area contributed by atoms with Gasteiger partial charge >= 0.3 is 0 Å². The van der Waals surface area contributed by atoms with Gasteiger partial charge in [0.1, 0.15) is 0 Å². The number of halogens is 2. The maximum absolute atomic E-state index is 12.3. The monoisotopic (exact) mass is 273 g/mol. The molecular weight excluding hydrogens is 256 g/mol. The topological polar surface area (TPSA) is 75.9 Å². The van der Waals surface area contributed by atoms with Gasteiger partial charge in [-0.25, -0.2) is 8.78 Å². The van der Waals surface area contributed by atoms with Crippen LogP contribution >= 0.6 is 0 Å². The van der Waals surface area contributed by atoms with Gasteiger partial charge in [0.05, 0.1) is 19.8 Å². The third-order valence-electron chi connectivity index (χ3n) is 2.34. The number of alkyl halides is 2. The van der Waals surface area contributed by atoms with Crippen LogP contribution in [0.25, 0.3) is 0 Å². The molecule has 1 aliphatic rings. The van der Waals surface area contributed by atoms with Crippen LogP contribution in [0.4, 0.5) is 8.78 Å². The van der Waals surface area contributed by atoms with Crippen molar-refractivity contribution in [1.82, 2.24) is 8.61 Å². The van der Waals surface area contributed by atoms with Crippen LogP contribution in [0.1, 0.15) is 0 Å². The van der Waals surface area contributed by atoms with Crippen LogP contribution in [0, 0.1) is 0 Å². The highest BCUT2D eigenvalue weighted by Crippen LogP contribution is 2.12. The first-order valence-corrected chi connectivity index (χ1v) is 6.69. The van der Waals surface area contributed by atoms with E-state index >= 15 is 0 Å². The predicted molar refractivity (Wildman–Crippen MR) is 57.9 cm³/mol. The van der Waals surface area contributed by atoms with Crippen molar-refractivity contribution in [2.45, 2.75) is 6.43 Å². The fourth-order valence-electron chi connectivity index (χ4n) is 1.54. The molecule has 1 aliphatic heterocycles. The van der Waals surface area contributed by atoms with E-state index in [1.54, 1.807) is 0 Å². The van der Waals surface area contributed by atoms with Gasteiger partial charge in [-0.15, -0.1) is 0 Å². The Morgan fingerprint density at radius 3 is 2.41 bits per heavy atom. The van der Waals surface area contributed by atoms with Crippen LogP contribution in [0.5, 0.6) is 0 Å². The molecule has 0 spiro atoms. The molecule has 0 bridgehead atoms. The van der Waals surface area contributed by atoms with Gasteiger partial charge in [0.15, 0.2) is 0 Å². The first kappa shape index (κ1) is 14.7. The summed E-state index contributed by atoms with van der Waals surface area (Å²) in [5, 5.41) is 0. The first-order valence-electron chi connectivity index (χ1n) is 5.29. The van der Waals surface area contributed by atoms with Gasteiger partial charge in [0.25, 0.3) is 16.6 Å². The highest BCUT2D eigenvalue weighted by molar-refractivity contribution is 7.86. The molecule has 0 radical (unpaired) electrons. The molecule has 0 amide bonds. The molecule has 102 valence electrons. The Labute approximate surface area is 99.5 Å². The van der Waals surface area contributed by atoms with Crippen LogP contribution in [0.2, 0.25) is 0 Å². The van der Waals surface area contributed by atoms with E-state index in [1.165, 1.54) is 0 Å². The van der Waals surface area contributed by atoms with Crippen LogP contribution < -0.4 is 5.73 Å². The van der Waals surface area contributed by atoms with Crippen molar-refractivity contribution in [3.05, 3.63) is 0 Å². The van der Waals surface area contributed by atoms with Crippen molar-refractivity contribution in [1.29, 1.82) is 0 Å². The minimum absolute atomic E-state index is 0.0102. The second kappa shape index (κ2) is 6.55. The second-order valence-electron chi connectivity index (χ2n) is 3.56. The summed E-state index contributed by atoms with van der Waals surface area (Å²) >= 11 is 0. The normalized spacial score (nSPS) is 19.1. The highest BCUT2D eigenvalue weighted by atomic mass is 32.2. The summed E-state index contributed by atoms with van der Waals surface area (Å²) in [5.74, 6) is 0. The van der Waals surface area contributed by atoms with Crippen molar-refractivity contribution in [3.8, 4) is 0 Å². The fourth-order valence-corrected chi connectivity index (χ4v) is 3.11. The van der Waals surface area contributed by atoms with Gasteiger partial charge in [-0.3, -0.25) is 0 Å². The lowest BCUT2D eigenvalue weighted by Gasteiger charge is -2.31. The molecule has 0 unspecified atom stereocenters. The molecule has 0 saturated carbocycles. The molecule has 0 aromatic carbocycles. The van der Waals surface area contributed by atoms with Crippen molar-refractivity contribution in [2.75, 3.05) is 45.9 Å². The minimum Gasteiger partial charge on any atom is -0.379 e. The summed E-state index contributed by atoms with van der Waals surface area (Å²) in [6.45, 7) is 0.0191. The molecule has 0 atom stereocenters. The smallest absolute Gasteiger partial charge is 0.282 e. The average Bonchev–Trinajstić information content (AvgIpc) is 2.29. The van der Waals surface area contributed by atoms with Gasteiger partial charge in [0, 0.05) is 26.2 Å². The first-order chi connectivity index (χ1) is 7.98. The van der Waals surface area contributed by atoms with E-state index in [-0.39, 0.29) is 39.4 Å². The molecule has 17 heavy (non-hydrogen) atoms. The molecule has 6 nitrogen and oxygen atoms in total. The zero-order chi connectivity index (χ0) is 12.9. The Kier molecular flexibility index (Phi) is 5.67. The number of hydrogen-bond acceptors (Lipinski definition) is 4. The molecule has 0 aromatic rings. The van der Waals surface area contributed by atoms with E-state index < -0.39 is 23.2 Å². The van der Waals surface area contributed by atoms with E-state index in [0.717, 1.165) is 8.61 Å². The third kappa shape index (κ3) is 4.11. The Hall–Kier alpha value is -0.350. The highest BCUT2D eigenvalue weighted by Gasteiger charge is 2.32. The van der Waals surface area contributed by atoms with Crippen molar-refractivity contribution < 1.29 is 21.9 Å². The van der Waals surface area contributed by atoms with Gasteiger partial charge in [0.2, 0.25) is 0 Å². The zero-order valence-corrected chi connectivity index (χ0v) is 10.2. The average molecular weight is 273 g/mol. The lowest BCUT2D eigenvalue weighted by atomic mass is 10.5. The predicted octanol–water partition coefficient (Wildman–Crippen LogP) is -0.911. The van der Waals surface area contributed by atoms with Crippen molar-refractivity contribution >= 4 is 10.2 Å². The quantitative estimate of drug-likeness (QED) is 0.680. The molecule has 1 rings (SSSR count).